The molecule has 5 rings (SSSR count). The maximum Gasteiger partial charge on any atom is 0.404 e. The van der Waals surface area contributed by atoms with E-state index in [1.54, 1.807) is 11.1 Å². The van der Waals surface area contributed by atoms with Gasteiger partial charge in [-0.25, -0.2) is 9.78 Å². The molecular weight excluding hydrogens is 420 g/mol. The SMILES string of the molecule is CCn1c(-c2nc3cc(C(=O)N4CCCC(OC(N)=O)C4)ccc3n2C)cc2ccncc21. The number of nitrogens with two attached hydrogens (primary N) is 1. The lowest BCUT2D eigenvalue weighted by atomic mass is 10.1. The van der Waals surface area contributed by atoms with Crippen LogP contribution in [0.4, 0.5) is 4.79 Å². The van der Waals surface area contributed by atoms with Gasteiger partial charge in [-0.15, -0.1) is 0 Å². The van der Waals surface area contributed by atoms with Crippen LogP contribution in [0.1, 0.15) is 30.1 Å². The van der Waals surface area contributed by atoms with Crippen LogP contribution in [0.25, 0.3) is 33.5 Å². The van der Waals surface area contributed by atoms with Crippen LogP contribution < -0.4 is 5.73 Å². The van der Waals surface area contributed by atoms with Gasteiger partial charge < -0.3 is 24.5 Å². The van der Waals surface area contributed by atoms with Crippen molar-refractivity contribution in [1.29, 1.82) is 0 Å². The van der Waals surface area contributed by atoms with E-state index in [9.17, 15) is 9.59 Å². The van der Waals surface area contributed by atoms with Gasteiger partial charge in [-0.3, -0.25) is 9.78 Å². The second-order valence-electron chi connectivity index (χ2n) is 8.36. The van der Waals surface area contributed by atoms with Crippen molar-refractivity contribution in [2.45, 2.75) is 32.4 Å². The molecule has 1 unspecified atom stereocenters. The highest BCUT2D eigenvalue weighted by Crippen LogP contribution is 2.30. The fraction of sp³-hybridized carbons (Fsp3) is 0.333. The molecular formula is C24H26N6O3. The molecule has 2 N–H and O–H groups in total. The number of aryl methyl sites for hydroxylation is 2. The van der Waals surface area contributed by atoms with Crippen molar-refractivity contribution in [3.63, 3.8) is 0 Å². The van der Waals surface area contributed by atoms with Gasteiger partial charge >= 0.3 is 6.09 Å². The Hall–Kier alpha value is -3.88. The summed E-state index contributed by atoms with van der Waals surface area (Å²) in [5, 5.41) is 1.11. The molecule has 4 aromatic rings. The number of fused-ring (bicyclic) bond motifs is 2. The molecule has 9 heteroatoms. The lowest BCUT2D eigenvalue weighted by Crippen LogP contribution is -2.44. The van der Waals surface area contributed by atoms with Crippen LogP contribution in [0, 0.1) is 0 Å². The zero-order valence-corrected chi connectivity index (χ0v) is 18.7. The quantitative estimate of drug-likeness (QED) is 0.517. The monoisotopic (exact) mass is 446 g/mol. The number of benzene rings is 1. The molecule has 1 aliphatic heterocycles. The Bertz CT molecular complexity index is 1370. The molecule has 170 valence electrons. The zero-order valence-electron chi connectivity index (χ0n) is 18.7. The van der Waals surface area contributed by atoms with Crippen LogP contribution in [0.15, 0.2) is 42.7 Å². The summed E-state index contributed by atoms with van der Waals surface area (Å²) in [6.07, 6.45) is 3.95. The number of amides is 2. The molecule has 2 amide bonds. The first-order chi connectivity index (χ1) is 16.0. The predicted molar refractivity (Wildman–Crippen MR) is 125 cm³/mol. The highest BCUT2D eigenvalue weighted by Gasteiger charge is 2.27. The van der Waals surface area contributed by atoms with Crippen molar-refractivity contribution in [2.75, 3.05) is 13.1 Å². The third kappa shape index (κ3) is 3.69. The van der Waals surface area contributed by atoms with Gasteiger partial charge in [-0.1, -0.05) is 0 Å². The second kappa shape index (κ2) is 8.23. The molecule has 0 spiro atoms. The molecule has 0 aliphatic carbocycles. The van der Waals surface area contributed by atoms with Crippen molar-refractivity contribution in [3.05, 3.63) is 48.3 Å². The normalized spacial score (nSPS) is 16.4. The van der Waals surface area contributed by atoms with Gasteiger partial charge in [0, 0.05) is 37.3 Å². The Morgan fingerprint density at radius 3 is 2.85 bits per heavy atom. The number of piperidine rings is 1. The Labute approximate surface area is 190 Å². The number of carbonyl (C=O) groups excluding carboxylic acids is 2. The number of pyridine rings is 1. The summed E-state index contributed by atoms with van der Waals surface area (Å²) in [5.74, 6) is 0.733. The van der Waals surface area contributed by atoms with E-state index in [1.165, 1.54) is 0 Å². The van der Waals surface area contributed by atoms with Gasteiger partial charge in [0.05, 0.1) is 35.0 Å². The van der Waals surface area contributed by atoms with Crippen LogP contribution in [0.2, 0.25) is 0 Å². The van der Waals surface area contributed by atoms with Crippen molar-refractivity contribution in [1.82, 2.24) is 24.0 Å². The zero-order chi connectivity index (χ0) is 23.1. The Balaban J connectivity index is 1.49. The third-order valence-corrected chi connectivity index (χ3v) is 6.33. The van der Waals surface area contributed by atoms with Crippen molar-refractivity contribution >= 4 is 33.9 Å². The number of nitrogens with zero attached hydrogens (tertiary/aromatic N) is 5. The maximum absolute atomic E-state index is 13.2. The van der Waals surface area contributed by atoms with E-state index in [-0.39, 0.29) is 12.0 Å². The van der Waals surface area contributed by atoms with Gasteiger partial charge in [0.25, 0.3) is 5.91 Å². The summed E-state index contributed by atoms with van der Waals surface area (Å²) in [6, 6.07) is 9.72. The van der Waals surface area contributed by atoms with Crippen molar-refractivity contribution in [3.8, 4) is 11.5 Å². The van der Waals surface area contributed by atoms with Crippen molar-refractivity contribution in [2.24, 2.45) is 12.8 Å². The van der Waals surface area contributed by atoms with Gasteiger partial charge in [-0.05, 0) is 50.1 Å². The minimum atomic E-state index is -0.808. The van der Waals surface area contributed by atoms with Crippen molar-refractivity contribution < 1.29 is 14.3 Å². The first kappa shape index (κ1) is 21.0. The number of likely N-dealkylation sites (tertiary alicyclic amines) is 1. The number of carbonyl (C=O) groups is 2. The van der Waals surface area contributed by atoms with Gasteiger partial charge in [0.2, 0.25) is 0 Å². The Morgan fingerprint density at radius 2 is 2.06 bits per heavy atom. The minimum Gasteiger partial charge on any atom is -0.445 e. The number of ether oxygens (including phenoxy) is 1. The fourth-order valence-electron chi connectivity index (χ4n) is 4.75. The average Bonchev–Trinajstić information content (AvgIpc) is 3.35. The van der Waals surface area contributed by atoms with Gasteiger partial charge in [-0.2, -0.15) is 0 Å². The summed E-state index contributed by atoms with van der Waals surface area (Å²) in [6.45, 7) is 3.86. The number of imidazole rings is 1. The molecule has 0 bridgehead atoms. The highest BCUT2D eigenvalue weighted by atomic mass is 16.6. The van der Waals surface area contributed by atoms with E-state index in [1.807, 2.05) is 37.5 Å². The van der Waals surface area contributed by atoms with Crippen LogP contribution >= 0.6 is 0 Å². The van der Waals surface area contributed by atoms with Crippen LogP contribution in [-0.2, 0) is 18.3 Å². The van der Waals surface area contributed by atoms with Gasteiger partial charge in [0.1, 0.15) is 6.10 Å². The lowest BCUT2D eigenvalue weighted by molar-refractivity contribution is 0.0373. The molecule has 0 saturated carbocycles. The number of rotatable bonds is 4. The maximum atomic E-state index is 13.2. The molecule has 1 aliphatic rings. The molecule has 33 heavy (non-hydrogen) atoms. The summed E-state index contributed by atoms with van der Waals surface area (Å²) in [5.41, 5.74) is 9.49. The minimum absolute atomic E-state index is 0.101. The van der Waals surface area contributed by atoms with E-state index in [0.29, 0.717) is 25.1 Å². The Kier molecular flexibility index (Phi) is 5.24. The first-order valence-corrected chi connectivity index (χ1v) is 11.1. The largest absolute Gasteiger partial charge is 0.445 e. The third-order valence-electron chi connectivity index (χ3n) is 6.33. The van der Waals surface area contributed by atoms with Crippen LogP contribution in [0.3, 0.4) is 0 Å². The standard InChI is InChI=1S/C24H26N6O3/c1-3-30-20(12-15-8-9-26-13-21(15)30)22-27-18-11-16(6-7-19(18)28(22)2)23(31)29-10-4-5-17(14-29)33-24(25)32/h6-9,11-13,17H,3-5,10,14H2,1-2H3,(H2,25,32). The van der Waals surface area contributed by atoms with E-state index in [0.717, 1.165) is 46.4 Å². The fourth-order valence-corrected chi connectivity index (χ4v) is 4.75. The molecule has 1 aromatic carbocycles. The molecule has 3 aromatic heterocycles. The first-order valence-electron chi connectivity index (χ1n) is 11.1. The van der Waals surface area contributed by atoms with Crippen LogP contribution in [0.5, 0.6) is 0 Å². The Morgan fingerprint density at radius 1 is 1.21 bits per heavy atom. The number of aromatic nitrogens is 4. The molecule has 1 fully saturated rings. The number of hydrogen-bond acceptors (Lipinski definition) is 5. The summed E-state index contributed by atoms with van der Waals surface area (Å²) in [7, 11) is 1.98. The number of primary amides is 1. The molecule has 9 nitrogen and oxygen atoms in total. The van der Waals surface area contributed by atoms with Crippen LogP contribution in [-0.4, -0.2) is 55.2 Å². The highest BCUT2D eigenvalue weighted by molar-refractivity contribution is 5.98. The molecule has 4 heterocycles. The number of hydrogen-bond donors (Lipinski definition) is 1. The molecule has 0 radical (unpaired) electrons. The molecule has 1 atom stereocenters. The summed E-state index contributed by atoms with van der Waals surface area (Å²) in [4.78, 5) is 35.1. The average molecular weight is 447 g/mol. The second-order valence-corrected chi connectivity index (χ2v) is 8.36. The lowest BCUT2D eigenvalue weighted by Gasteiger charge is -2.32. The van der Waals surface area contributed by atoms with E-state index >= 15 is 0 Å². The molecule has 1 saturated heterocycles. The smallest absolute Gasteiger partial charge is 0.404 e. The van der Waals surface area contributed by atoms with Gasteiger partial charge in [0.15, 0.2) is 5.82 Å². The van der Waals surface area contributed by atoms with E-state index in [2.05, 4.69) is 27.1 Å². The van der Waals surface area contributed by atoms with E-state index < -0.39 is 6.09 Å². The summed E-state index contributed by atoms with van der Waals surface area (Å²) < 4.78 is 9.36. The summed E-state index contributed by atoms with van der Waals surface area (Å²) >= 11 is 0. The predicted octanol–water partition coefficient (Wildman–Crippen LogP) is 3.31. The van der Waals surface area contributed by atoms with E-state index in [4.69, 9.17) is 15.5 Å². The topological polar surface area (TPSA) is 108 Å².